The van der Waals surface area contributed by atoms with Crippen LogP contribution in [0, 0.1) is 17.0 Å². The van der Waals surface area contributed by atoms with Crippen LogP contribution in [0.2, 0.25) is 0 Å². The van der Waals surface area contributed by atoms with E-state index in [4.69, 9.17) is 0 Å². The average molecular weight is 243 g/mol. The maximum atomic E-state index is 11.1. The molecular formula is C13H13N3O2. The van der Waals surface area contributed by atoms with Gasteiger partial charge in [0.1, 0.15) is 0 Å². The maximum absolute atomic E-state index is 11.1. The Morgan fingerprint density at radius 3 is 2.56 bits per heavy atom. The third-order valence-electron chi connectivity index (χ3n) is 2.83. The lowest BCUT2D eigenvalue weighted by Crippen LogP contribution is -1.98. The van der Waals surface area contributed by atoms with Gasteiger partial charge in [0.15, 0.2) is 0 Å². The van der Waals surface area contributed by atoms with E-state index in [1.165, 1.54) is 0 Å². The molecule has 1 heterocycles. The monoisotopic (exact) mass is 243 g/mol. The molecular weight excluding hydrogens is 230 g/mol. The molecule has 0 aliphatic heterocycles. The molecule has 5 heteroatoms. The number of nitro groups is 1. The summed E-state index contributed by atoms with van der Waals surface area (Å²) in [7, 11) is 1.81. The van der Waals surface area contributed by atoms with Gasteiger partial charge in [-0.15, -0.1) is 0 Å². The predicted molar refractivity (Wildman–Crippen MR) is 69.3 cm³/mol. The highest BCUT2D eigenvalue weighted by molar-refractivity contribution is 5.76. The van der Waals surface area contributed by atoms with E-state index in [1.54, 1.807) is 48.3 Å². The van der Waals surface area contributed by atoms with Gasteiger partial charge in [-0.3, -0.25) is 14.8 Å². The van der Waals surface area contributed by atoms with Gasteiger partial charge in [-0.2, -0.15) is 5.10 Å². The maximum Gasteiger partial charge on any atom is 0.277 e. The van der Waals surface area contributed by atoms with E-state index < -0.39 is 0 Å². The van der Waals surface area contributed by atoms with E-state index in [2.05, 4.69) is 5.10 Å². The Balaban J connectivity index is 2.50. The van der Waals surface area contributed by atoms with Crippen molar-refractivity contribution >= 4 is 11.8 Å². The first kappa shape index (κ1) is 12.0. The van der Waals surface area contributed by atoms with Crippen LogP contribution in [0.3, 0.4) is 0 Å². The van der Waals surface area contributed by atoms with E-state index in [0.29, 0.717) is 5.56 Å². The van der Waals surface area contributed by atoms with Gasteiger partial charge in [-0.1, -0.05) is 18.2 Å². The highest BCUT2D eigenvalue weighted by Crippen LogP contribution is 2.20. The third-order valence-corrected chi connectivity index (χ3v) is 2.83. The van der Waals surface area contributed by atoms with Gasteiger partial charge in [0, 0.05) is 24.4 Å². The molecule has 1 aromatic heterocycles. The summed E-state index contributed by atoms with van der Waals surface area (Å²) >= 11 is 0. The molecule has 1 aromatic carbocycles. The summed E-state index contributed by atoms with van der Waals surface area (Å²) in [6.45, 7) is 1.88. The van der Waals surface area contributed by atoms with Crippen LogP contribution in [0.5, 0.6) is 0 Å². The molecule has 0 aliphatic carbocycles. The molecule has 2 aromatic rings. The highest BCUT2D eigenvalue weighted by Gasteiger charge is 2.15. The minimum atomic E-state index is -0.373. The van der Waals surface area contributed by atoms with Crippen LogP contribution < -0.4 is 0 Å². The summed E-state index contributed by atoms with van der Waals surface area (Å²) < 4.78 is 1.69. The molecule has 0 fully saturated rings. The van der Waals surface area contributed by atoms with Crippen molar-refractivity contribution in [3.8, 4) is 0 Å². The second-order valence-electron chi connectivity index (χ2n) is 3.96. The van der Waals surface area contributed by atoms with Gasteiger partial charge in [0.05, 0.1) is 16.7 Å². The summed E-state index contributed by atoms with van der Waals surface area (Å²) in [5, 5.41) is 15.2. The molecule has 0 saturated heterocycles. The zero-order valence-electron chi connectivity index (χ0n) is 10.2. The second-order valence-corrected chi connectivity index (χ2v) is 3.96. The smallest absolute Gasteiger partial charge is 0.272 e. The number of benzene rings is 1. The summed E-state index contributed by atoms with van der Waals surface area (Å²) in [5.41, 5.74) is 2.32. The van der Waals surface area contributed by atoms with Gasteiger partial charge >= 0.3 is 0 Å². The molecule has 0 bridgehead atoms. The first-order chi connectivity index (χ1) is 8.59. The number of hydrogen-bond acceptors (Lipinski definition) is 3. The van der Waals surface area contributed by atoms with Crippen LogP contribution in [0.4, 0.5) is 0 Å². The Morgan fingerprint density at radius 1 is 1.39 bits per heavy atom. The van der Waals surface area contributed by atoms with E-state index in [9.17, 15) is 10.1 Å². The molecule has 18 heavy (non-hydrogen) atoms. The van der Waals surface area contributed by atoms with Crippen LogP contribution in [0.25, 0.3) is 11.8 Å². The lowest BCUT2D eigenvalue weighted by Gasteiger charge is -1.99. The highest BCUT2D eigenvalue weighted by atomic mass is 16.6. The molecule has 0 amide bonds. The van der Waals surface area contributed by atoms with E-state index in [-0.39, 0.29) is 10.6 Å². The molecule has 0 aliphatic rings. The van der Waals surface area contributed by atoms with Crippen molar-refractivity contribution in [3.05, 3.63) is 63.5 Å². The summed E-state index contributed by atoms with van der Waals surface area (Å²) in [4.78, 5) is 10.8. The molecule has 2 rings (SSSR count). The fourth-order valence-corrected chi connectivity index (χ4v) is 1.66. The lowest BCUT2D eigenvalue weighted by atomic mass is 10.1. The van der Waals surface area contributed by atoms with E-state index >= 15 is 0 Å². The van der Waals surface area contributed by atoms with Crippen molar-refractivity contribution in [2.75, 3.05) is 0 Å². The minimum Gasteiger partial charge on any atom is -0.272 e. The first-order valence-corrected chi connectivity index (χ1v) is 5.49. The van der Waals surface area contributed by atoms with Gasteiger partial charge < -0.3 is 0 Å². The summed E-state index contributed by atoms with van der Waals surface area (Å²) in [6.07, 6.45) is 3.18. The van der Waals surface area contributed by atoms with Gasteiger partial charge in [-0.25, -0.2) is 0 Å². The Morgan fingerprint density at radius 2 is 2.06 bits per heavy atom. The number of hydrogen-bond donors (Lipinski definition) is 0. The van der Waals surface area contributed by atoms with Crippen molar-refractivity contribution < 1.29 is 4.92 Å². The largest absolute Gasteiger partial charge is 0.277 e. The minimum absolute atomic E-state index is 0.0756. The second kappa shape index (κ2) is 4.83. The fraction of sp³-hybridized carbons (Fsp3) is 0.154. The van der Waals surface area contributed by atoms with Gasteiger partial charge in [0.2, 0.25) is 0 Å². The van der Waals surface area contributed by atoms with E-state index in [1.807, 2.05) is 13.0 Å². The predicted octanol–water partition coefficient (Wildman–Crippen LogP) is 2.50. The Labute approximate surface area is 105 Å². The van der Waals surface area contributed by atoms with Crippen molar-refractivity contribution in [2.24, 2.45) is 7.05 Å². The van der Waals surface area contributed by atoms with E-state index in [0.717, 1.165) is 11.3 Å². The number of aryl methyl sites for hydroxylation is 1. The third kappa shape index (κ3) is 2.29. The van der Waals surface area contributed by atoms with Crippen molar-refractivity contribution in [3.63, 3.8) is 0 Å². The van der Waals surface area contributed by atoms with Crippen LogP contribution in [-0.2, 0) is 7.05 Å². The van der Waals surface area contributed by atoms with Gasteiger partial charge in [0.25, 0.3) is 5.70 Å². The lowest BCUT2D eigenvalue weighted by molar-refractivity contribution is -0.374. The molecule has 0 radical (unpaired) electrons. The first-order valence-electron chi connectivity index (χ1n) is 5.49. The number of rotatable bonds is 3. The zero-order valence-corrected chi connectivity index (χ0v) is 10.2. The van der Waals surface area contributed by atoms with Crippen LogP contribution >= 0.6 is 0 Å². The van der Waals surface area contributed by atoms with Crippen molar-refractivity contribution in [1.82, 2.24) is 9.78 Å². The quantitative estimate of drug-likeness (QED) is 0.614. The SMILES string of the molecule is Cc1c(C=C(c2ccccc2)[N+](=O)[O-])cnn1C. The van der Waals surface area contributed by atoms with Crippen LogP contribution in [-0.4, -0.2) is 14.7 Å². The molecule has 5 nitrogen and oxygen atoms in total. The molecule has 0 saturated carbocycles. The molecule has 0 N–H and O–H groups in total. The number of nitrogens with zero attached hydrogens (tertiary/aromatic N) is 3. The summed E-state index contributed by atoms with van der Waals surface area (Å²) in [6, 6.07) is 8.84. The van der Waals surface area contributed by atoms with Crippen molar-refractivity contribution in [1.29, 1.82) is 0 Å². The zero-order chi connectivity index (χ0) is 13.1. The average Bonchev–Trinajstić information content (AvgIpc) is 2.68. The number of aromatic nitrogens is 2. The Hall–Kier alpha value is -2.43. The van der Waals surface area contributed by atoms with Gasteiger partial charge in [-0.05, 0) is 19.1 Å². The normalized spacial score (nSPS) is 11.6. The summed E-state index contributed by atoms with van der Waals surface area (Å²) in [5.74, 6) is 0. The Kier molecular flexibility index (Phi) is 3.23. The fourth-order valence-electron chi connectivity index (χ4n) is 1.66. The topological polar surface area (TPSA) is 61.0 Å². The van der Waals surface area contributed by atoms with Crippen LogP contribution in [0.15, 0.2) is 36.5 Å². The molecule has 92 valence electrons. The standard InChI is InChI=1S/C13H13N3O2/c1-10-12(9-14-15(10)2)8-13(16(17)18)11-6-4-3-5-7-11/h3-9H,1-2H3. The molecule has 0 spiro atoms. The van der Waals surface area contributed by atoms with Crippen LogP contribution in [0.1, 0.15) is 16.8 Å². The Bertz CT molecular complexity index is 600. The molecule has 0 atom stereocenters. The van der Waals surface area contributed by atoms with Crippen molar-refractivity contribution in [2.45, 2.75) is 6.92 Å². The molecule has 0 unspecified atom stereocenters.